The van der Waals surface area contributed by atoms with Crippen LogP contribution >= 0.6 is 0 Å². The molecule has 39 heavy (non-hydrogen) atoms. The predicted molar refractivity (Wildman–Crippen MR) is 144 cm³/mol. The molecule has 202 valence electrons. The lowest BCUT2D eigenvalue weighted by Gasteiger charge is -2.29. The van der Waals surface area contributed by atoms with Gasteiger partial charge in [0.05, 0.1) is 5.56 Å². The van der Waals surface area contributed by atoms with Crippen molar-refractivity contribution in [2.45, 2.75) is 34.1 Å². The minimum atomic E-state index is -0.906. The van der Waals surface area contributed by atoms with E-state index in [4.69, 9.17) is 4.74 Å². The van der Waals surface area contributed by atoms with E-state index in [9.17, 15) is 40.2 Å². The molecule has 0 atom stereocenters. The second-order valence-electron chi connectivity index (χ2n) is 10.1. The van der Waals surface area contributed by atoms with Gasteiger partial charge in [0.25, 0.3) is 0 Å². The molecule has 1 aliphatic rings. The third-order valence-corrected chi connectivity index (χ3v) is 6.62. The van der Waals surface area contributed by atoms with Crippen molar-refractivity contribution < 1.29 is 45.0 Å². The molecular weight excluding hydrogens is 504 g/mol. The van der Waals surface area contributed by atoms with Crippen LogP contribution in [0.15, 0.2) is 36.4 Å². The number of phenols is 6. The summed E-state index contributed by atoms with van der Waals surface area (Å²) in [6.45, 7) is 6.21. The average molecular weight is 533 g/mol. The summed E-state index contributed by atoms with van der Waals surface area (Å²) >= 11 is 0. The lowest BCUT2D eigenvalue weighted by molar-refractivity contribution is 0.100. The minimum absolute atomic E-state index is 0.0587. The van der Waals surface area contributed by atoms with Crippen molar-refractivity contribution in [1.29, 1.82) is 0 Å². The van der Waals surface area contributed by atoms with Crippen LogP contribution in [0.1, 0.15) is 63.7 Å². The van der Waals surface area contributed by atoms with Gasteiger partial charge in [-0.3, -0.25) is 9.59 Å². The van der Waals surface area contributed by atoms with Crippen molar-refractivity contribution in [3.8, 4) is 46.0 Å². The summed E-state index contributed by atoms with van der Waals surface area (Å²) in [5, 5.41) is 63.4. The lowest BCUT2D eigenvalue weighted by atomic mass is 9.76. The van der Waals surface area contributed by atoms with Crippen molar-refractivity contribution in [1.82, 2.24) is 0 Å². The number of benzene rings is 3. The van der Waals surface area contributed by atoms with Crippen LogP contribution in [0.4, 0.5) is 0 Å². The largest absolute Gasteiger partial charge is 0.508 e. The molecule has 0 radical (unpaired) electrons. The predicted octanol–water partition coefficient (Wildman–Crippen LogP) is 5.72. The van der Waals surface area contributed by atoms with E-state index in [0.717, 1.165) is 6.92 Å². The van der Waals surface area contributed by atoms with Crippen molar-refractivity contribution in [3.05, 3.63) is 69.8 Å². The fourth-order valence-electron chi connectivity index (χ4n) is 4.50. The number of phenolic OH excluding ortho intramolecular Hbond substituents is 6. The summed E-state index contributed by atoms with van der Waals surface area (Å²) in [5.41, 5.74) is -0.102. The number of carbonyl (C=O) groups is 2. The number of allylic oxidation sites excluding steroid dienone is 2. The lowest BCUT2D eigenvalue weighted by Crippen LogP contribution is -2.19. The number of carbonyl (C=O) groups excluding carboxylic acids is 2. The van der Waals surface area contributed by atoms with Crippen molar-refractivity contribution in [3.63, 3.8) is 0 Å². The number of hydrogen-bond donors (Lipinski definition) is 6. The molecule has 3 aromatic carbocycles. The monoisotopic (exact) mass is 532 g/mol. The minimum Gasteiger partial charge on any atom is -0.508 e. The first-order chi connectivity index (χ1) is 18.2. The zero-order valence-corrected chi connectivity index (χ0v) is 21.7. The normalized spacial score (nSPS) is 13.8. The number of aromatic hydroxyl groups is 6. The number of Topliss-reactive ketones (excluding diaryl/α,β-unsaturated/α-hetero) is 1. The van der Waals surface area contributed by atoms with Gasteiger partial charge in [-0.1, -0.05) is 44.2 Å². The topological polar surface area (TPSA) is 165 Å². The fourth-order valence-corrected chi connectivity index (χ4v) is 4.50. The standard InChI is InChI=1S/C30H28O9/c1-14-23(34)21(15(2)31)26(37)28(24(14)35)39-29-25(36)18-11-12-30(3,4)13-19(18)22(27(29)38)20(33)10-7-16-5-8-17(32)9-6-16/h5-12,32,34-38H,13H2,1-4H3. The molecule has 9 heteroatoms. The maximum atomic E-state index is 13.4. The van der Waals surface area contributed by atoms with Crippen LogP contribution < -0.4 is 4.74 Å². The Morgan fingerprint density at radius 2 is 1.44 bits per heavy atom. The maximum Gasteiger partial charge on any atom is 0.212 e. The van der Waals surface area contributed by atoms with E-state index < -0.39 is 62.8 Å². The Balaban J connectivity index is 1.92. The van der Waals surface area contributed by atoms with Gasteiger partial charge in [0.15, 0.2) is 34.6 Å². The Kier molecular flexibility index (Phi) is 6.78. The van der Waals surface area contributed by atoms with Gasteiger partial charge in [-0.05, 0) is 55.0 Å². The molecule has 0 saturated carbocycles. The summed E-state index contributed by atoms with van der Waals surface area (Å²) in [6, 6.07) is 6.10. The van der Waals surface area contributed by atoms with Crippen LogP contribution in [-0.2, 0) is 6.42 Å². The Bertz CT molecular complexity index is 1580. The third kappa shape index (κ3) is 4.86. The molecule has 0 amide bonds. The van der Waals surface area contributed by atoms with Gasteiger partial charge >= 0.3 is 0 Å². The highest BCUT2D eigenvalue weighted by Gasteiger charge is 2.34. The highest BCUT2D eigenvalue weighted by atomic mass is 16.5. The van der Waals surface area contributed by atoms with E-state index in [1.165, 1.54) is 31.2 Å². The molecule has 4 rings (SSSR count). The average Bonchev–Trinajstić information content (AvgIpc) is 2.86. The molecule has 0 aromatic heterocycles. The van der Waals surface area contributed by atoms with E-state index in [2.05, 4.69) is 0 Å². The fraction of sp³-hybridized carbons (Fsp3) is 0.200. The molecule has 0 fully saturated rings. The first kappa shape index (κ1) is 27.1. The molecule has 9 nitrogen and oxygen atoms in total. The van der Waals surface area contributed by atoms with E-state index in [0.29, 0.717) is 11.1 Å². The molecular formula is C30H28O9. The number of hydrogen-bond acceptors (Lipinski definition) is 9. The molecule has 0 aliphatic heterocycles. The number of fused-ring (bicyclic) bond motifs is 1. The Morgan fingerprint density at radius 1 is 0.846 bits per heavy atom. The zero-order chi connectivity index (χ0) is 28.8. The van der Waals surface area contributed by atoms with Crippen LogP contribution in [0.25, 0.3) is 12.2 Å². The molecule has 0 unspecified atom stereocenters. The second-order valence-corrected chi connectivity index (χ2v) is 10.1. The van der Waals surface area contributed by atoms with E-state index in [1.807, 2.05) is 19.9 Å². The Labute approximate surface area is 224 Å². The van der Waals surface area contributed by atoms with E-state index in [1.54, 1.807) is 18.2 Å². The van der Waals surface area contributed by atoms with E-state index >= 15 is 0 Å². The smallest absolute Gasteiger partial charge is 0.212 e. The van der Waals surface area contributed by atoms with Gasteiger partial charge in [0.1, 0.15) is 17.1 Å². The Hall–Kier alpha value is -4.92. The number of ether oxygens (including phenoxy) is 1. The highest BCUT2D eigenvalue weighted by molar-refractivity contribution is 6.11. The van der Waals surface area contributed by atoms with Crippen LogP contribution in [0.2, 0.25) is 0 Å². The SMILES string of the molecule is CC(=O)c1c(O)c(C)c(O)c(Oc2c(O)c3c(c(C(=O)C=Cc4ccc(O)cc4)c2O)CC(C)(C)C=C3)c1O. The second kappa shape index (κ2) is 9.75. The summed E-state index contributed by atoms with van der Waals surface area (Å²) in [4.78, 5) is 25.5. The van der Waals surface area contributed by atoms with Crippen molar-refractivity contribution >= 4 is 23.7 Å². The van der Waals surface area contributed by atoms with E-state index in [-0.39, 0.29) is 28.9 Å². The third-order valence-electron chi connectivity index (χ3n) is 6.62. The summed E-state index contributed by atoms with van der Waals surface area (Å²) in [7, 11) is 0. The summed E-state index contributed by atoms with van der Waals surface area (Å²) in [6.07, 6.45) is 6.41. The van der Waals surface area contributed by atoms with Crippen molar-refractivity contribution in [2.24, 2.45) is 5.41 Å². The number of ketones is 2. The summed E-state index contributed by atoms with van der Waals surface area (Å²) in [5.74, 6) is -6.20. The quantitative estimate of drug-likeness (QED) is 0.172. The van der Waals surface area contributed by atoms with Gasteiger partial charge in [0.2, 0.25) is 11.5 Å². The first-order valence-corrected chi connectivity index (χ1v) is 12.0. The van der Waals surface area contributed by atoms with Gasteiger partial charge in [-0.15, -0.1) is 0 Å². The van der Waals surface area contributed by atoms with Gasteiger partial charge in [-0.2, -0.15) is 0 Å². The first-order valence-electron chi connectivity index (χ1n) is 12.0. The highest BCUT2D eigenvalue weighted by Crippen LogP contribution is 2.54. The summed E-state index contributed by atoms with van der Waals surface area (Å²) < 4.78 is 5.61. The van der Waals surface area contributed by atoms with Crippen LogP contribution in [-0.4, -0.2) is 42.2 Å². The number of rotatable bonds is 6. The van der Waals surface area contributed by atoms with Crippen molar-refractivity contribution in [2.75, 3.05) is 0 Å². The van der Waals surface area contributed by atoms with Gasteiger partial charge < -0.3 is 35.4 Å². The zero-order valence-electron chi connectivity index (χ0n) is 21.7. The molecule has 0 saturated heterocycles. The molecule has 0 bridgehead atoms. The molecule has 0 spiro atoms. The molecule has 3 aromatic rings. The molecule has 1 aliphatic carbocycles. The maximum absolute atomic E-state index is 13.4. The van der Waals surface area contributed by atoms with Gasteiger partial charge in [-0.25, -0.2) is 0 Å². The van der Waals surface area contributed by atoms with Gasteiger partial charge in [0, 0.05) is 11.1 Å². The van der Waals surface area contributed by atoms with Crippen LogP contribution in [0, 0.1) is 12.3 Å². The molecule has 0 heterocycles. The molecule has 6 N–H and O–H groups in total. The van der Waals surface area contributed by atoms with Crippen LogP contribution in [0.5, 0.6) is 46.0 Å². The Morgan fingerprint density at radius 3 is 2.05 bits per heavy atom. The van der Waals surface area contributed by atoms with Crippen LogP contribution in [0.3, 0.4) is 0 Å².